The van der Waals surface area contributed by atoms with Crippen LogP contribution in [0, 0.1) is 0 Å². The van der Waals surface area contributed by atoms with E-state index < -0.39 is 0 Å². The number of hydrogen-bond donors (Lipinski definition) is 1. The number of thioether (sulfide) groups is 1. The number of rotatable bonds is 4. The van der Waals surface area contributed by atoms with Crippen molar-refractivity contribution in [2.75, 3.05) is 12.4 Å². The van der Waals surface area contributed by atoms with Crippen molar-refractivity contribution in [1.82, 2.24) is 14.8 Å². The zero-order valence-electron chi connectivity index (χ0n) is 9.11. The van der Waals surface area contributed by atoms with Gasteiger partial charge in [-0.1, -0.05) is 11.8 Å². The highest BCUT2D eigenvalue weighted by Crippen LogP contribution is 2.32. The SMILES string of the molecule is CC(C)n1c(SCC2(C)CO2)n[nH]c1=O. The Morgan fingerprint density at radius 2 is 2.40 bits per heavy atom. The minimum absolute atomic E-state index is 0.0124. The van der Waals surface area contributed by atoms with Crippen molar-refractivity contribution in [3.8, 4) is 0 Å². The van der Waals surface area contributed by atoms with Crippen LogP contribution in [0.25, 0.3) is 0 Å². The van der Waals surface area contributed by atoms with Crippen LogP contribution in [0.4, 0.5) is 0 Å². The first-order valence-corrected chi connectivity index (χ1v) is 5.94. The first-order valence-electron chi connectivity index (χ1n) is 4.95. The molecule has 0 aliphatic carbocycles. The Bertz CT molecular complexity index is 406. The summed E-state index contributed by atoms with van der Waals surface area (Å²) in [7, 11) is 0. The fourth-order valence-corrected chi connectivity index (χ4v) is 2.42. The summed E-state index contributed by atoms with van der Waals surface area (Å²) < 4.78 is 6.94. The molecule has 0 bridgehead atoms. The molecule has 6 heteroatoms. The van der Waals surface area contributed by atoms with Crippen LogP contribution in [0.1, 0.15) is 26.8 Å². The van der Waals surface area contributed by atoms with Gasteiger partial charge in [0.25, 0.3) is 0 Å². The van der Waals surface area contributed by atoms with Gasteiger partial charge in [0.15, 0.2) is 5.16 Å². The van der Waals surface area contributed by atoms with E-state index in [1.54, 1.807) is 16.3 Å². The lowest BCUT2D eigenvalue weighted by molar-refractivity contribution is 0.348. The molecule has 1 N–H and O–H groups in total. The molecule has 1 aromatic heterocycles. The van der Waals surface area contributed by atoms with Crippen LogP contribution in [0.3, 0.4) is 0 Å². The summed E-state index contributed by atoms with van der Waals surface area (Å²) in [4.78, 5) is 11.4. The van der Waals surface area contributed by atoms with E-state index in [0.29, 0.717) is 0 Å². The van der Waals surface area contributed by atoms with Gasteiger partial charge in [-0.05, 0) is 20.8 Å². The van der Waals surface area contributed by atoms with Gasteiger partial charge in [-0.3, -0.25) is 4.57 Å². The Kier molecular flexibility index (Phi) is 2.64. The number of aromatic nitrogens is 3. The highest BCUT2D eigenvalue weighted by Gasteiger charge is 2.39. The van der Waals surface area contributed by atoms with E-state index in [-0.39, 0.29) is 17.3 Å². The molecule has 1 unspecified atom stereocenters. The molecule has 0 aromatic carbocycles. The molecule has 1 atom stereocenters. The van der Waals surface area contributed by atoms with Gasteiger partial charge < -0.3 is 4.74 Å². The van der Waals surface area contributed by atoms with Crippen LogP contribution in [0.5, 0.6) is 0 Å². The van der Waals surface area contributed by atoms with Gasteiger partial charge in [-0.15, -0.1) is 5.10 Å². The lowest BCUT2D eigenvalue weighted by Crippen LogP contribution is -2.20. The highest BCUT2D eigenvalue weighted by atomic mass is 32.2. The van der Waals surface area contributed by atoms with E-state index in [9.17, 15) is 4.79 Å². The zero-order valence-corrected chi connectivity index (χ0v) is 9.93. The van der Waals surface area contributed by atoms with Crippen molar-refractivity contribution in [1.29, 1.82) is 0 Å². The van der Waals surface area contributed by atoms with E-state index in [1.807, 2.05) is 13.8 Å². The number of epoxide rings is 1. The maximum Gasteiger partial charge on any atom is 0.344 e. The molecule has 1 aliphatic heterocycles. The average molecular weight is 229 g/mol. The smallest absolute Gasteiger partial charge is 0.344 e. The Balaban J connectivity index is 2.10. The minimum atomic E-state index is -0.144. The van der Waals surface area contributed by atoms with Gasteiger partial charge in [-0.25, -0.2) is 9.89 Å². The molecular weight excluding hydrogens is 214 g/mol. The summed E-state index contributed by atoms with van der Waals surface area (Å²) >= 11 is 1.56. The van der Waals surface area contributed by atoms with Gasteiger partial charge in [0.05, 0.1) is 12.2 Å². The van der Waals surface area contributed by atoms with Gasteiger partial charge >= 0.3 is 5.69 Å². The van der Waals surface area contributed by atoms with Crippen LogP contribution in [-0.2, 0) is 4.74 Å². The molecule has 5 nitrogen and oxygen atoms in total. The fourth-order valence-electron chi connectivity index (χ4n) is 1.27. The summed E-state index contributed by atoms with van der Waals surface area (Å²) in [5.41, 5.74) is -0.157. The molecule has 1 aromatic rings. The van der Waals surface area contributed by atoms with Crippen molar-refractivity contribution in [2.24, 2.45) is 0 Å². The topological polar surface area (TPSA) is 63.2 Å². The maximum atomic E-state index is 11.4. The number of ether oxygens (including phenoxy) is 1. The standard InChI is InChI=1S/C9H15N3O2S/c1-6(2)12-7(13)10-11-8(12)15-5-9(3)4-14-9/h6H,4-5H2,1-3H3,(H,10,13). The lowest BCUT2D eigenvalue weighted by Gasteiger charge is -2.09. The molecule has 2 heterocycles. The molecule has 0 saturated carbocycles. The summed E-state index contributed by atoms with van der Waals surface area (Å²) in [6.07, 6.45) is 0. The van der Waals surface area contributed by atoms with E-state index >= 15 is 0 Å². The Hall–Kier alpha value is -0.750. The van der Waals surface area contributed by atoms with E-state index in [4.69, 9.17) is 4.74 Å². The van der Waals surface area contributed by atoms with Crippen LogP contribution >= 0.6 is 11.8 Å². The van der Waals surface area contributed by atoms with Crippen LogP contribution in [0.2, 0.25) is 0 Å². The van der Waals surface area contributed by atoms with E-state index in [1.165, 1.54) is 0 Å². The number of aromatic amines is 1. The molecule has 0 amide bonds. The van der Waals surface area contributed by atoms with E-state index in [2.05, 4.69) is 17.1 Å². The summed E-state index contributed by atoms with van der Waals surface area (Å²) in [5.74, 6) is 0.837. The first kappa shape index (κ1) is 10.8. The second-order valence-corrected chi connectivity index (χ2v) is 5.24. The lowest BCUT2D eigenvalue weighted by atomic mass is 10.3. The largest absolute Gasteiger partial charge is 0.369 e. The normalized spacial score (nSPS) is 24.8. The maximum absolute atomic E-state index is 11.4. The average Bonchev–Trinajstić information content (AvgIpc) is 2.76. The Morgan fingerprint density at radius 3 is 2.93 bits per heavy atom. The molecule has 1 fully saturated rings. The molecular formula is C9H15N3O2S. The van der Waals surface area contributed by atoms with Crippen molar-refractivity contribution in [2.45, 2.75) is 37.6 Å². The third kappa shape index (κ3) is 2.26. The van der Waals surface area contributed by atoms with Crippen LogP contribution in [-0.4, -0.2) is 32.7 Å². The van der Waals surface area contributed by atoms with E-state index in [0.717, 1.165) is 17.5 Å². The fraction of sp³-hybridized carbons (Fsp3) is 0.778. The molecule has 0 radical (unpaired) electrons. The summed E-state index contributed by atoms with van der Waals surface area (Å²) in [6, 6.07) is 0.131. The van der Waals surface area contributed by atoms with Crippen LogP contribution in [0.15, 0.2) is 9.95 Å². The van der Waals surface area contributed by atoms with Gasteiger partial charge in [0.1, 0.15) is 0 Å². The van der Waals surface area contributed by atoms with Crippen molar-refractivity contribution >= 4 is 11.8 Å². The van der Waals surface area contributed by atoms with Crippen LogP contribution < -0.4 is 5.69 Å². The number of nitrogens with one attached hydrogen (secondary N) is 1. The number of nitrogens with zero attached hydrogens (tertiary/aromatic N) is 2. The quantitative estimate of drug-likeness (QED) is 0.619. The van der Waals surface area contributed by atoms with Crippen molar-refractivity contribution in [3.05, 3.63) is 10.5 Å². The summed E-state index contributed by atoms with van der Waals surface area (Å²) in [6.45, 7) is 6.80. The van der Waals surface area contributed by atoms with Gasteiger partial charge in [0, 0.05) is 11.8 Å². The highest BCUT2D eigenvalue weighted by molar-refractivity contribution is 7.99. The first-order chi connectivity index (χ1) is 7.02. The minimum Gasteiger partial charge on any atom is -0.369 e. The van der Waals surface area contributed by atoms with Gasteiger partial charge in [0.2, 0.25) is 0 Å². The molecule has 15 heavy (non-hydrogen) atoms. The van der Waals surface area contributed by atoms with Crippen molar-refractivity contribution in [3.63, 3.8) is 0 Å². The predicted molar refractivity (Wildman–Crippen MR) is 58.3 cm³/mol. The third-order valence-electron chi connectivity index (χ3n) is 2.33. The monoisotopic (exact) mass is 229 g/mol. The number of hydrogen-bond acceptors (Lipinski definition) is 4. The second kappa shape index (κ2) is 3.68. The molecule has 0 spiro atoms. The number of H-pyrrole nitrogens is 1. The molecule has 84 valence electrons. The third-order valence-corrected chi connectivity index (χ3v) is 3.63. The molecule has 1 aliphatic rings. The molecule has 2 rings (SSSR count). The van der Waals surface area contributed by atoms with Gasteiger partial charge in [-0.2, -0.15) is 0 Å². The predicted octanol–water partition coefficient (Wildman–Crippen LogP) is 1.03. The zero-order chi connectivity index (χ0) is 11.1. The second-order valence-electron chi connectivity index (χ2n) is 4.30. The van der Waals surface area contributed by atoms with Crippen molar-refractivity contribution < 1.29 is 4.74 Å². The Morgan fingerprint density at radius 1 is 1.73 bits per heavy atom. The molecule has 1 saturated heterocycles. The summed E-state index contributed by atoms with van der Waals surface area (Å²) in [5, 5.41) is 7.21. The Labute approximate surface area is 92.2 Å².